The Morgan fingerprint density at radius 1 is 0.825 bits per heavy atom. The van der Waals surface area contributed by atoms with Gasteiger partial charge in [-0.3, -0.25) is 9.10 Å². The van der Waals surface area contributed by atoms with Gasteiger partial charge in [0, 0.05) is 5.56 Å². The number of methoxy groups -OCH3 is 2. The molecule has 1 N–H and O–H groups in total. The molecular formula is C31H32N2O6S. The van der Waals surface area contributed by atoms with E-state index in [0.717, 1.165) is 9.87 Å². The van der Waals surface area contributed by atoms with Gasteiger partial charge in [-0.15, -0.1) is 0 Å². The fourth-order valence-corrected chi connectivity index (χ4v) is 5.55. The molecule has 0 aliphatic heterocycles. The Labute approximate surface area is 235 Å². The first-order valence-corrected chi connectivity index (χ1v) is 14.1. The molecule has 4 aromatic carbocycles. The molecule has 0 spiro atoms. The molecule has 0 heterocycles. The fraction of sp³-hybridized carbons (Fsp3) is 0.194. The quantitative estimate of drug-likeness (QED) is 0.246. The van der Waals surface area contributed by atoms with Crippen LogP contribution in [0.25, 0.3) is 0 Å². The van der Waals surface area contributed by atoms with Crippen molar-refractivity contribution in [2.75, 3.05) is 25.1 Å². The van der Waals surface area contributed by atoms with E-state index in [-0.39, 0.29) is 4.90 Å². The summed E-state index contributed by atoms with van der Waals surface area (Å²) in [5.41, 5.74) is 1.94. The number of carbonyl (C=O) groups is 1. The van der Waals surface area contributed by atoms with E-state index in [9.17, 15) is 13.2 Å². The van der Waals surface area contributed by atoms with Crippen molar-refractivity contribution in [1.82, 2.24) is 5.32 Å². The van der Waals surface area contributed by atoms with Crippen LogP contribution in [-0.4, -0.2) is 35.1 Å². The predicted octanol–water partition coefficient (Wildman–Crippen LogP) is 5.88. The van der Waals surface area contributed by atoms with Gasteiger partial charge in [0.1, 0.15) is 29.5 Å². The molecule has 9 heteroatoms. The minimum Gasteiger partial charge on any atom is -0.497 e. The second-order valence-electron chi connectivity index (χ2n) is 9.13. The molecular weight excluding hydrogens is 528 g/mol. The molecule has 0 fully saturated rings. The lowest BCUT2D eigenvalue weighted by Crippen LogP contribution is -2.41. The number of ether oxygens (including phenoxy) is 3. The first-order chi connectivity index (χ1) is 19.2. The average molecular weight is 561 g/mol. The third-order valence-corrected chi connectivity index (χ3v) is 8.07. The fourth-order valence-electron chi connectivity index (χ4n) is 4.13. The average Bonchev–Trinajstić information content (AvgIpc) is 2.96. The first kappa shape index (κ1) is 28.5. The smallest absolute Gasteiger partial charge is 0.264 e. The van der Waals surface area contributed by atoms with Crippen LogP contribution >= 0.6 is 0 Å². The molecule has 8 nitrogen and oxygen atoms in total. The van der Waals surface area contributed by atoms with Gasteiger partial charge in [-0.1, -0.05) is 35.9 Å². The Balaban J connectivity index is 1.61. The summed E-state index contributed by atoms with van der Waals surface area (Å²) >= 11 is 0. The van der Waals surface area contributed by atoms with Crippen molar-refractivity contribution in [3.63, 3.8) is 0 Å². The Bertz CT molecular complexity index is 1540. The summed E-state index contributed by atoms with van der Waals surface area (Å²) in [4.78, 5) is 13.4. The van der Waals surface area contributed by atoms with Crippen LogP contribution in [0.4, 0.5) is 5.69 Å². The molecule has 0 aliphatic carbocycles. The van der Waals surface area contributed by atoms with Gasteiger partial charge < -0.3 is 19.5 Å². The lowest BCUT2D eigenvalue weighted by atomic mass is 10.1. The molecule has 0 saturated carbocycles. The number of anilines is 1. The van der Waals surface area contributed by atoms with Crippen molar-refractivity contribution in [2.24, 2.45) is 0 Å². The number of nitrogens with zero attached hydrogens (tertiary/aromatic N) is 1. The monoisotopic (exact) mass is 560 g/mol. The summed E-state index contributed by atoms with van der Waals surface area (Å²) < 4.78 is 45.3. The Kier molecular flexibility index (Phi) is 8.96. The van der Waals surface area contributed by atoms with Crippen molar-refractivity contribution in [1.29, 1.82) is 0 Å². The molecule has 4 aromatic rings. The minimum atomic E-state index is -4.07. The summed E-state index contributed by atoms with van der Waals surface area (Å²) in [5.74, 6) is 1.88. The van der Waals surface area contributed by atoms with Gasteiger partial charge in [-0.05, 0) is 80.6 Å². The maximum absolute atomic E-state index is 13.8. The Morgan fingerprint density at radius 2 is 1.45 bits per heavy atom. The van der Waals surface area contributed by atoms with Crippen molar-refractivity contribution < 1.29 is 27.4 Å². The van der Waals surface area contributed by atoms with Gasteiger partial charge in [0.15, 0.2) is 0 Å². The van der Waals surface area contributed by atoms with Gasteiger partial charge >= 0.3 is 0 Å². The number of sulfonamides is 1. The second kappa shape index (κ2) is 12.6. The Morgan fingerprint density at radius 3 is 2.08 bits per heavy atom. The van der Waals surface area contributed by atoms with Crippen LogP contribution < -0.4 is 23.8 Å². The molecule has 0 aliphatic rings. The van der Waals surface area contributed by atoms with Crippen molar-refractivity contribution in [3.05, 3.63) is 108 Å². The highest BCUT2D eigenvalue weighted by Crippen LogP contribution is 2.30. The number of amides is 1. The topological polar surface area (TPSA) is 94.2 Å². The predicted molar refractivity (Wildman–Crippen MR) is 155 cm³/mol. The number of hydrogen-bond acceptors (Lipinski definition) is 6. The van der Waals surface area contributed by atoms with Gasteiger partial charge in [0.2, 0.25) is 5.91 Å². The zero-order valence-corrected chi connectivity index (χ0v) is 23.6. The molecule has 1 amide bonds. The minimum absolute atomic E-state index is 0.0815. The zero-order chi connectivity index (χ0) is 28.7. The van der Waals surface area contributed by atoms with E-state index in [2.05, 4.69) is 5.32 Å². The maximum Gasteiger partial charge on any atom is 0.264 e. The van der Waals surface area contributed by atoms with Crippen LogP contribution in [0, 0.1) is 6.92 Å². The lowest BCUT2D eigenvalue weighted by molar-refractivity contribution is -0.120. The van der Waals surface area contributed by atoms with E-state index in [1.807, 2.05) is 37.3 Å². The molecule has 0 saturated heterocycles. The van der Waals surface area contributed by atoms with Crippen LogP contribution in [0.1, 0.15) is 24.1 Å². The summed E-state index contributed by atoms with van der Waals surface area (Å²) in [6.45, 7) is 3.23. The maximum atomic E-state index is 13.8. The standard InChI is InChI=1S/C31H32N2O6S/c1-22-10-17-28(18-11-22)40(35,36)33(24-12-14-26(15-13-24)39-25-8-6-5-7-9-25)21-31(34)32-23(2)29-20-27(37-3)16-19-30(29)38-4/h5-20,23H,21H2,1-4H3,(H,32,34)/t23-/m1/s1. The third kappa shape index (κ3) is 6.73. The molecule has 1 atom stereocenters. The van der Waals surface area contributed by atoms with E-state index in [1.165, 1.54) is 12.1 Å². The highest BCUT2D eigenvalue weighted by Gasteiger charge is 2.28. The summed E-state index contributed by atoms with van der Waals surface area (Å²) in [5, 5.41) is 2.89. The normalized spacial score (nSPS) is 11.8. The lowest BCUT2D eigenvalue weighted by Gasteiger charge is -2.26. The number of aryl methyl sites for hydroxylation is 1. The van der Waals surface area contributed by atoms with E-state index in [4.69, 9.17) is 14.2 Å². The van der Waals surface area contributed by atoms with Gasteiger partial charge in [0.25, 0.3) is 10.0 Å². The number of benzene rings is 4. The van der Waals surface area contributed by atoms with Crippen LogP contribution in [0.15, 0.2) is 102 Å². The van der Waals surface area contributed by atoms with E-state index in [1.54, 1.807) is 75.7 Å². The van der Waals surface area contributed by atoms with E-state index in [0.29, 0.717) is 34.2 Å². The van der Waals surface area contributed by atoms with Crippen molar-refractivity contribution in [2.45, 2.75) is 24.8 Å². The molecule has 0 unspecified atom stereocenters. The van der Waals surface area contributed by atoms with Crippen LogP contribution in [0.2, 0.25) is 0 Å². The molecule has 40 heavy (non-hydrogen) atoms. The summed E-state index contributed by atoms with van der Waals surface area (Å²) in [6.07, 6.45) is 0. The van der Waals surface area contributed by atoms with Crippen LogP contribution in [0.5, 0.6) is 23.0 Å². The number of carbonyl (C=O) groups excluding carboxylic acids is 1. The molecule has 0 bridgehead atoms. The highest BCUT2D eigenvalue weighted by atomic mass is 32.2. The van der Waals surface area contributed by atoms with Crippen molar-refractivity contribution >= 4 is 21.6 Å². The van der Waals surface area contributed by atoms with Crippen LogP contribution in [0.3, 0.4) is 0 Å². The Hall–Kier alpha value is -4.50. The van der Waals surface area contributed by atoms with Gasteiger partial charge in [-0.2, -0.15) is 0 Å². The van der Waals surface area contributed by atoms with Crippen LogP contribution in [-0.2, 0) is 14.8 Å². The highest BCUT2D eigenvalue weighted by molar-refractivity contribution is 7.92. The molecule has 0 aromatic heterocycles. The number of nitrogens with one attached hydrogen (secondary N) is 1. The SMILES string of the molecule is COc1ccc(OC)c([C@@H](C)NC(=O)CN(c2ccc(Oc3ccccc3)cc2)S(=O)(=O)c2ccc(C)cc2)c1. The number of rotatable bonds is 11. The molecule has 4 rings (SSSR count). The van der Waals surface area contributed by atoms with Gasteiger partial charge in [0.05, 0.1) is 30.8 Å². The summed E-state index contributed by atoms with van der Waals surface area (Å²) in [6, 6.07) is 27.1. The zero-order valence-electron chi connectivity index (χ0n) is 22.8. The van der Waals surface area contributed by atoms with E-state index < -0.39 is 28.5 Å². The molecule has 208 valence electrons. The third-order valence-electron chi connectivity index (χ3n) is 6.28. The van der Waals surface area contributed by atoms with E-state index >= 15 is 0 Å². The number of hydrogen-bond donors (Lipinski definition) is 1. The second-order valence-corrected chi connectivity index (χ2v) is 11.0. The molecule has 0 radical (unpaired) electrons. The largest absolute Gasteiger partial charge is 0.497 e. The number of para-hydroxylation sites is 1. The van der Waals surface area contributed by atoms with Gasteiger partial charge in [-0.25, -0.2) is 8.42 Å². The van der Waals surface area contributed by atoms with Crippen molar-refractivity contribution in [3.8, 4) is 23.0 Å². The first-order valence-electron chi connectivity index (χ1n) is 12.6. The summed E-state index contributed by atoms with van der Waals surface area (Å²) in [7, 11) is -0.978.